The topological polar surface area (TPSA) is 78.9 Å². The third-order valence-corrected chi connectivity index (χ3v) is 4.67. The average molecular weight is 451 g/mol. The molecule has 3 rings (SSSR count). The number of benzene rings is 2. The van der Waals surface area contributed by atoms with Gasteiger partial charge in [-0.3, -0.25) is 9.78 Å². The van der Waals surface area contributed by atoms with Gasteiger partial charge in [0.15, 0.2) is 23.0 Å². The monoisotopic (exact) mass is 450 g/mol. The molecule has 0 aliphatic carbocycles. The maximum Gasteiger partial charge on any atom is 0.255 e. The van der Waals surface area contributed by atoms with E-state index in [0.717, 1.165) is 18.4 Å². The highest BCUT2D eigenvalue weighted by Crippen LogP contribution is 2.32. The molecular formula is C26H30N2O5. The van der Waals surface area contributed by atoms with Crippen molar-refractivity contribution in [3.05, 3.63) is 72.1 Å². The minimum Gasteiger partial charge on any atom is -0.493 e. The molecule has 1 amide bonds. The predicted octanol–water partition coefficient (Wildman–Crippen LogP) is 5.50. The van der Waals surface area contributed by atoms with E-state index >= 15 is 0 Å². The Morgan fingerprint density at radius 2 is 1.61 bits per heavy atom. The van der Waals surface area contributed by atoms with Crippen molar-refractivity contribution in [3.8, 4) is 23.0 Å². The minimum atomic E-state index is -0.262. The lowest BCUT2D eigenvalue weighted by atomic mass is 10.1. The van der Waals surface area contributed by atoms with Crippen LogP contribution in [0.15, 0.2) is 60.9 Å². The van der Waals surface area contributed by atoms with Crippen molar-refractivity contribution in [3.63, 3.8) is 0 Å². The van der Waals surface area contributed by atoms with Crippen LogP contribution < -0.4 is 24.3 Å². The number of hydrogen-bond acceptors (Lipinski definition) is 6. The van der Waals surface area contributed by atoms with Gasteiger partial charge in [0.1, 0.15) is 6.61 Å². The molecular weight excluding hydrogens is 420 g/mol. The Bertz CT molecular complexity index is 1040. The van der Waals surface area contributed by atoms with E-state index in [9.17, 15) is 4.79 Å². The second-order valence-electron chi connectivity index (χ2n) is 7.33. The number of carbonyl (C=O) groups is 1. The summed E-state index contributed by atoms with van der Waals surface area (Å²) in [6.45, 7) is 5.53. The highest BCUT2D eigenvalue weighted by molar-refractivity contribution is 6.04. The lowest BCUT2D eigenvalue weighted by molar-refractivity contribution is 0.102. The summed E-state index contributed by atoms with van der Waals surface area (Å²) in [4.78, 5) is 17.0. The molecule has 0 saturated heterocycles. The zero-order chi connectivity index (χ0) is 23.5. The van der Waals surface area contributed by atoms with Crippen molar-refractivity contribution >= 4 is 11.6 Å². The first kappa shape index (κ1) is 23.9. The van der Waals surface area contributed by atoms with Crippen LogP contribution >= 0.6 is 0 Å². The summed E-state index contributed by atoms with van der Waals surface area (Å²) in [6.07, 6.45) is 5.20. The van der Waals surface area contributed by atoms with Crippen LogP contribution in [0.4, 0.5) is 5.69 Å². The molecule has 0 atom stereocenters. The third kappa shape index (κ3) is 6.87. The van der Waals surface area contributed by atoms with Crippen LogP contribution in [0, 0.1) is 0 Å². The molecule has 174 valence electrons. The van der Waals surface area contributed by atoms with Crippen LogP contribution in [0.25, 0.3) is 0 Å². The van der Waals surface area contributed by atoms with E-state index in [1.54, 1.807) is 55.9 Å². The summed E-state index contributed by atoms with van der Waals surface area (Å²) in [6, 6.07) is 14.2. The second kappa shape index (κ2) is 12.3. The SMILES string of the molecule is CCCOc1ccc(C(=O)Nc2ccc(OC)c(OCc3cccnc3)c2)cc1OCCC. The van der Waals surface area contributed by atoms with Crippen molar-refractivity contribution in [2.24, 2.45) is 0 Å². The fourth-order valence-corrected chi connectivity index (χ4v) is 3.02. The minimum absolute atomic E-state index is 0.262. The molecule has 0 aliphatic rings. The van der Waals surface area contributed by atoms with Gasteiger partial charge in [-0.05, 0) is 49.2 Å². The lowest BCUT2D eigenvalue weighted by Gasteiger charge is -2.15. The van der Waals surface area contributed by atoms with Gasteiger partial charge in [0.05, 0.1) is 20.3 Å². The maximum absolute atomic E-state index is 12.9. The van der Waals surface area contributed by atoms with Crippen molar-refractivity contribution in [2.75, 3.05) is 25.6 Å². The second-order valence-corrected chi connectivity index (χ2v) is 7.33. The van der Waals surface area contributed by atoms with Crippen LogP contribution in [-0.2, 0) is 6.61 Å². The summed E-state index contributed by atoms with van der Waals surface area (Å²) in [5.41, 5.74) is 1.99. The molecule has 0 bridgehead atoms. The zero-order valence-corrected chi connectivity index (χ0v) is 19.3. The van der Waals surface area contributed by atoms with E-state index in [1.165, 1.54) is 0 Å². The van der Waals surface area contributed by atoms with Crippen molar-refractivity contribution in [1.82, 2.24) is 4.98 Å². The van der Waals surface area contributed by atoms with Crippen LogP contribution in [0.1, 0.15) is 42.6 Å². The summed E-state index contributed by atoms with van der Waals surface area (Å²) < 4.78 is 22.8. The Labute approximate surface area is 194 Å². The Morgan fingerprint density at radius 3 is 2.30 bits per heavy atom. The third-order valence-electron chi connectivity index (χ3n) is 4.67. The highest BCUT2D eigenvalue weighted by Gasteiger charge is 2.14. The van der Waals surface area contributed by atoms with E-state index < -0.39 is 0 Å². The van der Waals surface area contributed by atoms with E-state index in [2.05, 4.69) is 10.3 Å². The number of nitrogens with one attached hydrogen (secondary N) is 1. The first-order valence-electron chi connectivity index (χ1n) is 11.0. The Kier molecular flexibility index (Phi) is 8.94. The van der Waals surface area contributed by atoms with Gasteiger partial charge in [-0.2, -0.15) is 0 Å². The van der Waals surface area contributed by atoms with Crippen LogP contribution in [0.3, 0.4) is 0 Å². The number of hydrogen-bond donors (Lipinski definition) is 1. The smallest absolute Gasteiger partial charge is 0.255 e. The van der Waals surface area contributed by atoms with Crippen molar-refractivity contribution in [2.45, 2.75) is 33.3 Å². The number of anilines is 1. The first-order chi connectivity index (χ1) is 16.1. The molecule has 0 spiro atoms. The van der Waals surface area contributed by atoms with Crippen LogP contribution in [-0.4, -0.2) is 31.2 Å². The number of aromatic nitrogens is 1. The largest absolute Gasteiger partial charge is 0.493 e. The molecule has 0 saturated carbocycles. The summed E-state index contributed by atoms with van der Waals surface area (Å²) in [5, 5.41) is 2.91. The molecule has 7 heteroatoms. The molecule has 0 aliphatic heterocycles. The van der Waals surface area contributed by atoms with Crippen molar-refractivity contribution < 1.29 is 23.7 Å². The molecule has 33 heavy (non-hydrogen) atoms. The fourth-order valence-electron chi connectivity index (χ4n) is 3.02. The van der Waals surface area contributed by atoms with E-state index in [1.807, 2.05) is 26.0 Å². The quantitative estimate of drug-likeness (QED) is 0.393. The van der Waals surface area contributed by atoms with Gasteiger partial charge in [-0.15, -0.1) is 0 Å². The van der Waals surface area contributed by atoms with Crippen LogP contribution in [0.2, 0.25) is 0 Å². The molecule has 1 N–H and O–H groups in total. The first-order valence-corrected chi connectivity index (χ1v) is 11.0. The number of methoxy groups -OCH3 is 1. The molecule has 0 unspecified atom stereocenters. The predicted molar refractivity (Wildman–Crippen MR) is 128 cm³/mol. The van der Waals surface area contributed by atoms with Gasteiger partial charge in [-0.1, -0.05) is 19.9 Å². The summed E-state index contributed by atoms with van der Waals surface area (Å²) in [7, 11) is 1.57. The number of rotatable bonds is 12. The van der Waals surface area contributed by atoms with E-state index in [0.29, 0.717) is 54.1 Å². The summed E-state index contributed by atoms with van der Waals surface area (Å²) in [5.74, 6) is 2.03. The fraction of sp³-hybridized carbons (Fsp3) is 0.308. The highest BCUT2D eigenvalue weighted by atomic mass is 16.5. The standard InChI is InChI=1S/C26H30N2O5/c1-4-13-31-23-10-8-20(15-24(23)32-14-5-2)26(29)28-21-9-11-22(30-3)25(16-21)33-18-19-7-6-12-27-17-19/h6-12,15-17H,4-5,13-14,18H2,1-3H3,(H,28,29). The van der Waals surface area contributed by atoms with Gasteiger partial charge < -0.3 is 24.3 Å². The molecule has 7 nitrogen and oxygen atoms in total. The number of pyridine rings is 1. The number of ether oxygens (including phenoxy) is 4. The Hall–Kier alpha value is -3.74. The Balaban J connectivity index is 1.74. The molecule has 1 aromatic heterocycles. The molecule has 0 radical (unpaired) electrons. The van der Waals surface area contributed by atoms with Gasteiger partial charge in [0.2, 0.25) is 0 Å². The van der Waals surface area contributed by atoms with Gasteiger partial charge in [-0.25, -0.2) is 0 Å². The maximum atomic E-state index is 12.9. The van der Waals surface area contributed by atoms with E-state index in [-0.39, 0.29) is 5.91 Å². The zero-order valence-electron chi connectivity index (χ0n) is 19.3. The van der Waals surface area contributed by atoms with Gasteiger partial charge >= 0.3 is 0 Å². The average Bonchev–Trinajstić information content (AvgIpc) is 2.85. The Morgan fingerprint density at radius 1 is 0.879 bits per heavy atom. The molecule has 0 fully saturated rings. The van der Waals surface area contributed by atoms with Gasteiger partial charge in [0, 0.05) is 35.3 Å². The molecule has 2 aromatic carbocycles. The summed E-state index contributed by atoms with van der Waals surface area (Å²) >= 11 is 0. The number of nitrogens with zero attached hydrogens (tertiary/aromatic N) is 1. The molecule has 3 aromatic rings. The molecule has 1 heterocycles. The van der Waals surface area contributed by atoms with E-state index in [4.69, 9.17) is 18.9 Å². The van der Waals surface area contributed by atoms with Crippen LogP contribution in [0.5, 0.6) is 23.0 Å². The lowest BCUT2D eigenvalue weighted by Crippen LogP contribution is -2.13. The number of amides is 1. The van der Waals surface area contributed by atoms with Crippen molar-refractivity contribution in [1.29, 1.82) is 0 Å². The normalized spacial score (nSPS) is 10.4. The number of carbonyl (C=O) groups excluding carboxylic acids is 1. The van der Waals surface area contributed by atoms with Gasteiger partial charge in [0.25, 0.3) is 5.91 Å².